The van der Waals surface area contributed by atoms with Crippen molar-refractivity contribution in [1.29, 1.82) is 0 Å². The van der Waals surface area contributed by atoms with Crippen LogP contribution >= 0.6 is 23.1 Å². The van der Waals surface area contributed by atoms with Crippen LogP contribution in [0.15, 0.2) is 4.21 Å². The number of amides is 1. The van der Waals surface area contributed by atoms with Crippen molar-refractivity contribution in [3.8, 4) is 0 Å². The predicted octanol–water partition coefficient (Wildman–Crippen LogP) is 3.08. The smallest absolute Gasteiger partial charge is 0.259 e. The van der Waals surface area contributed by atoms with Crippen molar-refractivity contribution >= 4 is 29.0 Å². The van der Waals surface area contributed by atoms with Crippen LogP contribution < -0.4 is 5.73 Å². The fraction of sp³-hybridized carbons (Fsp3) is 0.583. The van der Waals surface area contributed by atoms with E-state index in [-0.39, 0.29) is 5.91 Å². The molecule has 4 heteroatoms. The van der Waals surface area contributed by atoms with Gasteiger partial charge in [0.25, 0.3) is 5.91 Å². The number of nitrogens with two attached hydrogens (primary N) is 1. The Labute approximate surface area is 105 Å². The minimum atomic E-state index is -0.265. The SMILES string of the molecule is CSc1sc(C(N)=O)c2c1CCC(C)(C)C2. The van der Waals surface area contributed by atoms with E-state index in [4.69, 9.17) is 5.73 Å². The van der Waals surface area contributed by atoms with Gasteiger partial charge in [0.05, 0.1) is 9.09 Å². The zero-order valence-electron chi connectivity index (χ0n) is 9.92. The van der Waals surface area contributed by atoms with Crippen LogP contribution in [0.5, 0.6) is 0 Å². The third-order valence-electron chi connectivity index (χ3n) is 3.20. The minimum absolute atomic E-state index is 0.265. The van der Waals surface area contributed by atoms with Gasteiger partial charge in [-0.2, -0.15) is 0 Å². The van der Waals surface area contributed by atoms with E-state index < -0.39 is 0 Å². The summed E-state index contributed by atoms with van der Waals surface area (Å²) < 4.78 is 1.28. The molecule has 1 aliphatic rings. The van der Waals surface area contributed by atoms with Gasteiger partial charge in [0.2, 0.25) is 0 Å². The summed E-state index contributed by atoms with van der Waals surface area (Å²) in [7, 11) is 0. The van der Waals surface area contributed by atoms with E-state index in [9.17, 15) is 4.79 Å². The number of hydrogen-bond acceptors (Lipinski definition) is 3. The summed E-state index contributed by atoms with van der Waals surface area (Å²) in [6, 6.07) is 0. The van der Waals surface area contributed by atoms with Crippen LogP contribution in [0, 0.1) is 5.41 Å². The first-order valence-electron chi connectivity index (χ1n) is 5.43. The normalized spacial score (nSPS) is 18.2. The van der Waals surface area contributed by atoms with Gasteiger partial charge in [-0.1, -0.05) is 13.8 Å². The highest BCUT2D eigenvalue weighted by atomic mass is 32.2. The van der Waals surface area contributed by atoms with Gasteiger partial charge < -0.3 is 5.73 Å². The number of carbonyl (C=O) groups is 1. The van der Waals surface area contributed by atoms with E-state index in [0.29, 0.717) is 5.41 Å². The lowest BCUT2D eigenvalue weighted by Gasteiger charge is -2.30. The number of thioether (sulfide) groups is 1. The van der Waals surface area contributed by atoms with Gasteiger partial charge in [-0.05, 0) is 42.1 Å². The lowest BCUT2D eigenvalue weighted by molar-refractivity contribution is 0.100. The Hall–Kier alpha value is -0.480. The Morgan fingerprint density at radius 1 is 1.44 bits per heavy atom. The number of hydrogen-bond donors (Lipinski definition) is 1. The molecule has 1 aromatic rings. The zero-order valence-corrected chi connectivity index (χ0v) is 11.6. The molecule has 0 radical (unpaired) electrons. The van der Waals surface area contributed by atoms with Crippen molar-refractivity contribution in [2.45, 2.75) is 37.3 Å². The molecule has 16 heavy (non-hydrogen) atoms. The zero-order chi connectivity index (χ0) is 11.9. The molecule has 0 aromatic carbocycles. The summed E-state index contributed by atoms with van der Waals surface area (Å²) in [4.78, 5) is 12.2. The topological polar surface area (TPSA) is 43.1 Å². The summed E-state index contributed by atoms with van der Waals surface area (Å²) in [6.45, 7) is 4.52. The molecular weight excluding hydrogens is 238 g/mol. The summed E-state index contributed by atoms with van der Waals surface area (Å²) in [5, 5.41) is 0. The van der Waals surface area contributed by atoms with Crippen molar-refractivity contribution in [2.24, 2.45) is 11.1 Å². The summed E-state index contributed by atoms with van der Waals surface area (Å²) in [5.74, 6) is -0.265. The van der Waals surface area contributed by atoms with Gasteiger partial charge >= 0.3 is 0 Å². The number of carbonyl (C=O) groups excluding carboxylic acids is 1. The molecule has 1 aliphatic carbocycles. The summed E-state index contributed by atoms with van der Waals surface area (Å²) in [6.07, 6.45) is 5.33. The van der Waals surface area contributed by atoms with Crippen LogP contribution in [0.4, 0.5) is 0 Å². The lowest BCUT2D eigenvalue weighted by atomic mass is 9.75. The first kappa shape index (κ1) is 12.0. The van der Waals surface area contributed by atoms with Crippen LogP contribution in [0.25, 0.3) is 0 Å². The first-order chi connectivity index (χ1) is 7.44. The molecule has 0 spiro atoms. The van der Waals surface area contributed by atoms with Crippen LogP contribution in [0.1, 0.15) is 41.1 Å². The Kier molecular flexibility index (Phi) is 3.05. The van der Waals surface area contributed by atoms with Crippen LogP contribution in [0.3, 0.4) is 0 Å². The van der Waals surface area contributed by atoms with Crippen molar-refractivity contribution in [2.75, 3.05) is 6.26 Å². The maximum absolute atomic E-state index is 11.4. The Balaban J connectivity index is 2.51. The monoisotopic (exact) mass is 255 g/mol. The van der Waals surface area contributed by atoms with E-state index in [2.05, 4.69) is 20.1 Å². The van der Waals surface area contributed by atoms with Gasteiger partial charge in [0.15, 0.2) is 0 Å². The van der Waals surface area contributed by atoms with Gasteiger partial charge in [-0.15, -0.1) is 23.1 Å². The van der Waals surface area contributed by atoms with E-state index in [0.717, 1.165) is 17.7 Å². The van der Waals surface area contributed by atoms with E-state index in [1.807, 2.05) is 0 Å². The highest BCUT2D eigenvalue weighted by Crippen LogP contribution is 2.44. The standard InChI is InChI=1S/C12H17NOS2/c1-12(2)5-4-7-8(6-12)9(10(13)14)16-11(7)15-3/h4-6H2,1-3H3,(H2,13,14). The second kappa shape index (κ2) is 4.08. The molecule has 2 N–H and O–H groups in total. The number of rotatable bonds is 2. The molecule has 1 amide bonds. The van der Waals surface area contributed by atoms with E-state index in [1.165, 1.54) is 21.8 Å². The van der Waals surface area contributed by atoms with Crippen molar-refractivity contribution in [3.05, 3.63) is 16.0 Å². The molecule has 1 heterocycles. The van der Waals surface area contributed by atoms with Crippen molar-refractivity contribution in [3.63, 3.8) is 0 Å². The van der Waals surface area contributed by atoms with Crippen molar-refractivity contribution < 1.29 is 4.79 Å². The Morgan fingerprint density at radius 2 is 2.12 bits per heavy atom. The molecule has 1 aromatic heterocycles. The highest BCUT2D eigenvalue weighted by Gasteiger charge is 2.31. The van der Waals surface area contributed by atoms with E-state index >= 15 is 0 Å². The maximum atomic E-state index is 11.4. The van der Waals surface area contributed by atoms with Gasteiger partial charge in [0, 0.05) is 0 Å². The third kappa shape index (κ3) is 2.00. The molecule has 0 aliphatic heterocycles. The van der Waals surface area contributed by atoms with Crippen molar-refractivity contribution in [1.82, 2.24) is 0 Å². The fourth-order valence-electron chi connectivity index (χ4n) is 2.31. The number of fused-ring (bicyclic) bond motifs is 1. The van der Waals surface area contributed by atoms with Crippen LogP contribution in [0.2, 0.25) is 0 Å². The third-order valence-corrected chi connectivity index (χ3v) is 5.65. The average Bonchev–Trinajstić information content (AvgIpc) is 2.53. The molecule has 0 bridgehead atoms. The average molecular weight is 255 g/mol. The number of primary amides is 1. The van der Waals surface area contributed by atoms with Crippen LogP contribution in [-0.4, -0.2) is 12.2 Å². The maximum Gasteiger partial charge on any atom is 0.259 e. The quantitative estimate of drug-likeness (QED) is 0.825. The second-order valence-electron chi connectivity index (χ2n) is 5.09. The largest absolute Gasteiger partial charge is 0.365 e. The molecule has 0 unspecified atom stereocenters. The first-order valence-corrected chi connectivity index (χ1v) is 7.47. The predicted molar refractivity (Wildman–Crippen MR) is 70.4 cm³/mol. The second-order valence-corrected chi connectivity index (χ2v) is 7.18. The number of thiophene rings is 1. The van der Waals surface area contributed by atoms with Gasteiger partial charge in [-0.25, -0.2) is 0 Å². The minimum Gasteiger partial charge on any atom is -0.365 e. The highest BCUT2D eigenvalue weighted by molar-refractivity contribution is 8.00. The molecule has 0 saturated carbocycles. The summed E-state index contributed by atoms with van der Waals surface area (Å²) >= 11 is 3.31. The Bertz CT molecular complexity index is 434. The van der Waals surface area contributed by atoms with Gasteiger partial charge in [-0.3, -0.25) is 4.79 Å². The molecule has 0 fully saturated rings. The van der Waals surface area contributed by atoms with E-state index in [1.54, 1.807) is 23.1 Å². The Morgan fingerprint density at radius 3 is 2.69 bits per heavy atom. The molecule has 2 nitrogen and oxygen atoms in total. The fourth-order valence-corrected chi connectivity index (χ4v) is 4.32. The molecule has 0 atom stereocenters. The summed E-state index contributed by atoms with van der Waals surface area (Å²) in [5.41, 5.74) is 8.36. The molecular formula is C12H17NOS2. The lowest BCUT2D eigenvalue weighted by Crippen LogP contribution is -2.24. The molecule has 0 saturated heterocycles. The molecule has 88 valence electrons. The van der Waals surface area contributed by atoms with Crippen LogP contribution in [-0.2, 0) is 12.8 Å². The molecule has 2 rings (SSSR count). The van der Waals surface area contributed by atoms with Gasteiger partial charge in [0.1, 0.15) is 0 Å².